The Bertz CT molecular complexity index is 1580. The van der Waals surface area contributed by atoms with E-state index >= 15 is 0 Å². The zero-order valence-electron chi connectivity index (χ0n) is 19.7. The van der Waals surface area contributed by atoms with E-state index in [0.29, 0.717) is 33.4 Å². The average Bonchev–Trinajstić information content (AvgIpc) is 3.35. The SMILES string of the molecule is O=C(O)CC(c1ccccc1)n1cnc2ccc(NC(=O)c3ccc(C(=O)c4ccccc4)cc3)cc21. The summed E-state index contributed by atoms with van der Waals surface area (Å²) in [4.78, 5) is 41.6. The van der Waals surface area contributed by atoms with Crippen LogP contribution in [0.5, 0.6) is 0 Å². The molecule has 37 heavy (non-hydrogen) atoms. The van der Waals surface area contributed by atoms with E-state index in [1.165, 1.54) is 0 Å². The van der Waals surface area contributed by atoms with Gasteiger partial charge in [0, 0.05) is 22.4 Å². The van der Waals surface area contributed by atoms with Crippen LogP contribution in [0.1, 0.15) is 44.3 Å². The number of amides is 1. The molecule has 0 spiro atoms. The van der Waals surface area contributed by atoms with Crippen LogP contribution in [0.15, 0.2) is 109 Å². The summed E-state index contributed by atoms with van der Waals surface area (Å²) in [7, 11) is 0. The standard InChI is InChI=1S/C30H23N3O4/c34-28(35)18-26(20-7-3-1-4-8-20)33-19-31-25-16-15-24(17-27(25)33)32-30(37)23-13-11-22(12-14-23)29(36)21-9-5-2-6-10-21/h1-17,19,26H,18H2,(H,32,37)(H,34,35). The van der Waals surface area contributed by atoms with Crippen LogP contribution in [0, 0.1) is 0 Å². The topological polar surface area (TPSA) is 101 Å². The molecule has 0 aliphatic carbocycles. The van der Waals surface area contributed by atoms with Crippen LogP contribution in [0.3, 0.4) is 0 Å². The van der Waals surface area contributed by atoms with Crippen molar-refractivity contribution in [2.24, 2.45) is 0 Å². The Kier molecular flexibility index (Phi) is 6.59. The minimum atomic E-state index is -0.922. The number of carboxylic acid groups (broad SMARTS) is 1. The number of fused-ring (bicyclic) bond motifs is 1. The number of benzene rings is 4. The van der Waals surface area contributed by atoms with Crippen molar-refractivity contribution in [3.8, 4) is 0 Å². The van der Waals surface area contributed by atoms with Gasteiger partial charge in [-0.15, -0.1) is 0 Å². The van der Waals surface area contributed by atoms with Gasteiger partial charge in [0.15, 0.2) is 5.78 Å². The van der Waals surface area contributed by atoms with Gasteiger partial charge < -0.3 is 15.0 Å². The lowest BCUT2D eigenvalue weighted by molar-refractivity contribution is -0.137. The Hall–Kier alpha value is -5.04. The molecule has 182 valence electrons. The second kappa shape index (κ2) is 10.3. The number of ketones is 1. The second-order valence-electron chi connectivity index (χ2n) is 8.61. The molecule has 0 aliphatic rings. The number of aromatic nitrogens is 2. The van der Waals surface area contributed by atoms with Crippen molar-refractivity contribution in [1.29, 1.82) is 0 Å². The van der Waals surface area contributed by atoms with Gasteiger partial charge in [-0.2, -0.15) is 0 Å². The zero-order chi connectivity index (χ0) is 25.8. The second-order valence-corrected chi connectivity index (χ2v) is 8.61. The van der Waals surface area contributed by atoms with Crippen LogP contribution in [-0.4, -0.2) is 32.3 Å². The monoisotopic (exact) mass is 489 g/mol. The Labute approximate surface area is 213 Å². The van der Waals surface area contributed by atoms with Crippen molar-refractivity contribution in [1.82, 2.24) is 9.55 Å². The summed E-state index contributed by atoms with van der Waals surface area (Å²) in [6.07, 6.45) is 1.51. The van der Waals surface area contributed by atoms with Crippen LogP contribution in [0.4, 0.5) is 5.69 Å². The van der Waals surface area contributed by atoms with E-state index in [1.807, 2.05) is 53.1 Å². The van der Waals surface area contributed by atoms with Gasteiger partial charge in [-0.1, -0.05) is 72.8 Å². The number of hydrogen-bond donors (Lipinski definition) is 2. The summed E-state index contributed by atoms with van der Waals surface area (Å²) in [5.74, 6) is -1.36. The molecule has 2 N–H and O–H groups in total. The fourth-order valence-electron chi connectivity index (χ4n) is 4.30. The molecule has 1 unspecified atom stereocenters. The van der Waals surface area contributed by atoms with E-state index < -0.39 is 12.0 Å². The van der Waals surface area contributed by atoms with Gasteiger partial charge in [0.1, 0.15) is 0 Å². The van der Waals surface area contributed by atoms with Crippen molar-refractivity contribution in [3.05, 3.63) is 132 Å². The summed E-state index contributed by atoms with van der Waals surface area (Å²) < 4.78 is 1.82. The normalized spacial score (nSPS) is 11.7. The Morgan fingerprint density at radius 1 is 0.784 bits per heavy atom. The van der Waals surface area contributed by atoms with Crippen LogP contribution in [0.2, 0.25) is 0 Å². The maximum Gasteiger partial charge on any atom is 0.305 e. The highest BCUT2D eigenvalue weighted by atomic mass is 16.4. The van der Waals surface area contributed by atoms with Crippen molar-refractivity contribution in [3.63, 3.8) is 0 Å². The maximum atomic E-state index is 12.9. The first-order chi connectivity index (χ1) is 18.0. The summed E-state index contributed by atoms with van der Waals surface area (Å²) in [6, 6.07) is 29.7. The van der Waals surface area contributed by atoms with Crippen LogP contribution in [0.25, 0.3) is 11.0 Å². The molecule has 5 rings (SSSR count). The van der Waals surface area contributed by atoms with E-state index in [1.54, 1.807) is 60.9 Å². The number of aliphatic carboxylic acids is 1. The van der Waals surface area contributed by atoms with Gasteiger partial charge in [-0.05, 0) is 35.9 Å². The summed E-state index contributed by atoms with van der Waals surface area (Å²) in [5, 5.41) is 12.4. The van der Waals surface area contributed by atoms with Gasteiger partial charge in [-0.3, -0.25) is 14.4 Å². The third-order valence-electron chi connectivity index (χ3n) is 6.17. The fraction of sp³-hybridized carbons (Fsp3) is 0.0667. The number of carbonyl (C=O) groups is 3. The summed E-state index contributed by atoms with van der Waals surface area (Å²) >= 11 is 0. The highest BCUT2D eigenvalue weighted by Crippen LogP contribution is 2.28. The van der Waals surface area contributed by atoms with Gasteiger partial charge in [0.2, 0.25) is 0 Å². The Balaban J connectivity index is 1.38. The molecule has 4 aromatic carbocycles. The molecule has 0 fully saturated rings. The summed E-state index contributed by atoms with van der Waals surface area (Å²) in [6.45, 7) is 0. The van der Waals surface area contributed by atoms with Gasteiger partial charge >= 0.3 is 5.97 Å². The average molecular weight is 490 g/mol. The molecule has 1 atom stereocenters. The molecule has 0 aliphatic heterocycles. The molecule has 1 aromatic heterocycles. The van der Waals surface area contributed by atoms with Gasteiger partial charge in [0.05, 0.1) is 29.8 Å². The molecule has 1 amide bonds. The van der Waals surface area contributed by atoms with Crippen molar-refractivity contribution < 1.29 is 19.5 Å². The zero-order valence-corrected chi connectivity index (χ0v) is 19.7. The number of carboxylic acids is 1. The molecule has 0 bridgehead atoms. The number of anilines is 1. The highest BCUT2D eigenvalue weighted by molar-refractivity contribution is 6.10. The number of nitrogens with one attached hydrogen (secondary N) is 1. The van der Waals surface area contributed by atoms with Crippen molar-refractivity contribution in [2.45, 2.75) is 12.5 Å². The molecular formula is C30H23N3O4. The van der Waals surface area contributed by atoms with E-state index in [0.717, 1.165) is 5.56 Å². The quantitative estimate of drug-likeness (QED) is 0.277. The third-order valence-corrected chi connectivity index (χ3v) is 6.17. The lowest BCUT2D eigenvalue weighted by Crippen LogP contribution is -2.15. The predicted molar refractivity (Wildman–Crippen MR) is 141 cm³/mol. The number of rotatable bonds is 8. The first-order valence-corrected chi connectivity index (χ1v) is 11.7. The van der Waals surface area contributed by atoms with Crippen LogP contribution < -0.4 is 5.32 Å². The van der Waals surface area contributed by atoms with Crippen LogP contribution in [-0.2, 0) is 4.79 Å². The Morgan fingerprint density at radius 3 is 2.08 bits per heavy atom. The first-order valence-electron chi connectivity index (χ1n) is 11.7. The molecule has 0 saturated heterocycles. The smallest absolute Gasteiger partial charge is 0.305 e. The molecule has 7 heteroatoms. The summed E-state index contributed by atoms with van der Waals surface area (Å²) in [5.41, 5.74) is 4.28. The molecule has 5 aromatic rings. The third kappa shape index (κ3) is 5.16. The maximum absolute atomic E-state index is 12.9. The number of carbonyl (C=O) groups excluding carboxylic acids is 2. The van der Waals surface area contributed by atoms with Crippen molar-refractivity contribution in [2.75, 3.05) is 5.32 Å². The molecule has 0 saturated carbocycles. The van der Waals surface area contributed by atoms with E-state index in [4.69, 9.17) is 0 Å². The number of imidazole rings is 1. The van der Waals surface area contributed by atoms with Crippen molar-refractivity contribution >= 4 is 34.4 Å². The molecule has 0 radical (unpaired) electrons. The number of hydrogen-bond acceptors (Lipinski definition) is 4. The fourth-order valence-corrected chi connectivity index (χ4v) is 4.30. The van der Waals surface area contributed by atoms with Gasteiger partial charge in [0.25, 0.3) is 5.91 Å². The van der Waals surface area contributed by atoms with Gasteiger partial charge in [-0.25, -0.2) is 4.98 Å². The first kappa shape index (κ1) is 23.7. The number of nitrogens with zero attached hydrogens (tertiary/aromatic N) is 2. The Morgan fingerprint density at radius 2 is 1.41 bits per heavy atom. The van der Waals surface area contributed by atoms with E-state index in [2.05, 4.69) is 10.3 Å². The minimum absolute atomic E-state index is 0.111. The lowest BCUT2D eigenvalue weighted by Gasteiger charge is -2.18. The predicted octanol–water partition coefficient (Wildman–Crippen LogP) is 5.58. The minimum Gasteiger partial charge on any atom is -0.481 e. The lowest BCUT2D eigenvalue weighted by atomic mass is 10.0. The highest BCUT2D eigenvalue weighted by Gasteiger charge is 2.20. The molecule has 7 nitrogen and oxygen atoms in total. The largest absolute Gasteiger partial charge is 0.481 e. The van der Waals surface area contributed by atoms with E-state index in [-0.39, 0.29) is 18.1 Å². The molecular weight excluding hydrogens is 466 g/mol. The molecule has 1 heterocycles. The van der Waals surface area contributed by atoms with E-state index in [9.17, 15) is 19.5 Å². The van der Waals surface area contributed by atoms with Crippen LogP contribution >= 0.6 is 0 Å².